The lowest BCUT2D eigenvalue weighted by molar-refractivity contribution is -0.161. The molecule has 0 aromatic rings. The topological polar surface area (TPSA) is 149 Å². The van der Waals surface area contributed by atoms with Gasteiger partial charge in [-0.1, -0.05) is 109 Å². The lowest BCUT2D eigenvalue weighted by Crippen LogP contribution is -2.29. The highest BCUT2D eigenvalue weighted by atomic mass is 31.2. The predicted molar refractivity (Wildman–Crippen MR) is 178 cm³/mol. The third-order valence-corrected chi connectivity index (χ3v) is 8.03. The fourth-order valence-corrected chi connectivity index (χ4v) is 5.20. The van der Waals surface area contributed by atoms with Gasteiger partial charge in [-0.3, -0.25) is 18.6 Å². The van der Waals surface area contributed by atoms with Crippen molar-refractivity contribution in [3.8, 4) is 0 Å². The summed E-state index contributed by atoms with van der Waals surface area (Å²) in [6.07, 6.45) is 27.6. The van der Waals surface area contributed by atoms with E-state index in [9.17, 15) is 24.2 Å². The van der Waals surface area contributed by atoms with Gasteiger partial charge >= 0.3 is 19.8 Å². The number of carbonyl (C=O) groups excluding carboxylic acids is 2. The van der Waals surface area contributed by atoms with Crippen LogP contribution in [0, 0.1) is 0 Å². The molecule has 0 aromatic heterocycles. The van der Waals surface area contributed by atoms with E-state index in [0.29, 0.717) is 12.8 Å². The van der Waals surface area contributed by atoms with Gasteiger partial charge in [0.1, 0.15) is 12.7 Å². The second-order valence-electron chi connectivity index (χ2n) is 11.5. The van der Waals surface area contributed by atoms with Crippen molar-refractivity contribution < 1.29 is 47.8 Å². The van der Waals surface area contributed by atoms with Gasteiger partial charge < -0.3 is 24.6 Å². The number of rotatable bonds is 32. The van der Waals surface area contributed by atoms with E-state index >= 15 is 0 Å². The summed E-state index contributed by atoms with van der Waals surface area (Å²) >= 11 is 0. The molecule has 3 N–H and O–H groups in total. The predicted octanol–water partition coefficient (Wildman–Crippen LogP) is 7.88. The van der Waals surface area contributed by atoms with Gasteiger partial charge in [-0.15, -0.1) is 0 Å². The standard InChI is InChI=1S/C34H63O10P/c1-3-5-6-7-8-9-10-11-12-13-14-15-16-17-18-19-20-21-22-23-24-26-34(38)44-32(29-41-33(37)25-4-2)30-43-45(39,40)42-28-31(36)27-35/h10-11,13-14,31-32,35-36H,3-9,12,15-30H2,1-2H3,(H,39,40)/b11-10-,14-13-. The van der Waals surface area contributed by atoms with Crippen LogP contribution in [0.1, 0.15) is 142 Å². The molecule has 0 saturated carbocycles. The van der Waals surface area contributed by atoms with Crippen molar-refractivity contribution in [2.24, 2.45) is 0 Å². The molecule has 10 nitrogen and oxygen atoms in total. The van der Waals surface area contributed by atoms with Crippen LogP contribution in [-0.2, 0) is 32.7 Å². The van der Waals surface area contributed by atoms with Gasteiger partial charge in [0.15, 0.2) is 6.10 Å². The van der Waals surface area contributed by atoms with E-state index in [0.717, 1.165) is 32.1 Å². The first-order chi connectivity index (χ1) is 21.7. The number of allylic oxidation sites excluding steroid dienone is 4. The summed E-state index contributed by atoms with van der Waals surface area (Å²) in [6, 6.07) is 0. The normalized spacial score (nSPS) is 14.5. The Morgan fingerprint density at radius 1 is 0.667 bits per heavy atom. The van der Waals surface area contributed by atoms with Gasteiger partial charge in [-0.05, 0) is 44.9 Å². The summed E-state index contributed by atoms with van der Waals surface area (Å²) in [6.45, 7) is 1.94. The molecule has 11 heteroatoms. The molecule has 0 rings (SSSR count). The zero-order chi connectivity index (χ0) is 33.4. The maximum Gasteiger partial charge on any atom is 0.472 e. The average molecular weight is 663 g/mol. The summed E-state index contributed by atoms with van der Waals surface area (Å²) < 4.78 is 31.9. The minimum Gasteiger partial charge on any atom is -0.462 e. The maximum absolute atomic E-state index is 12.4. The minimum atomic E-state index is -4.58. The van der Waals surface area contributed by atoms with E-state index < -0.39 is 51.8 Å². The monoisotopic (exact) mass is 662 g/mol. The Hall–Kier alpha value is -1.55. The lowest BCUT2D eigenvalue weighted by atomic mass is 10.1. The van der Waals surface area contributed by atoms with E-state index in [4.69, 9.17) is 19.1 Å². The molecule has 0 aliphatic carbocycles. The summed E-state index contributed by atoms with van der Waals surface area (Å²) in [7, 11) is -4.58. The highest BCUT2D eigenvalue weighted by Crippen LogP contribution is 2.43. The number of hydrogen-bond acceptors (Lipinski definition) is 9. The molecule has 264 valence electrons. The van der Waals surface area contributed by atoms with E-state index in [1.165, 1.54) is 70.6 Å². The van der Waals surface area contributed by atoms with E-state index in [1.54, 1.807) is 0 Å². The van der Waals surface area contributed by atoms with Crippen LogP contribution >= 0.6 is 7.82 Å². The van der Waals surface area contributed by atoms with Crippen molar-refractivity contribution in [3.05, 3.63) is 24.3 Å². The van der Waals surface area contributed by atoms with Gasteiger partial charge in [-0.25, -0.2) is 4.57 Å². The van der Waals surface area contributed by atoms with Gasteiger partial charge in [0.25, 0.3) is 0 Å². The van der Waals surface area contributed by atoms with E-state index in [1.807, 2.05) is 6.92 Å². The lowest BCUT2D eigenvalue weighted by Gasteiger charge is -2.20. The van der Waals surface area contributed by atoms with Crippen LogP contribution < -0.4 is 0 Å². The fourth-order valence-electron chi connectivity index (χ4n) is 4.41. The minimum absolute atomic E-state index is 0.178. The van der Waals surface area contributed by atoms with Crippen molar-refractivity contribution >= 4 is 19.8 Å². The Bertz CT molecular complexity index is 817. The molecular formula is C34H63O10P. The number of ether oxygens (including phenoxy) is 2. The highest BCUT2D eigenvalue weighted by Gasteiger charge is 2.27. The summed E-state index contributed by atoms with van der Waals surface area (Å²) in [5.41, 5.74) is 0. The Kier molecular flexibility index (Phi) is 30.0. The number of aliphatic hydroxyl groups excluding tert-OH is 2. The maximum atomic E-state index is 12.4. The molecule has 3 atom stereocenters. The molecule has 3 unspecified atom stereocenters. The third kappa shape index (κ3) is 30.8. The van der Waals surface area contributed by atoms with Crippen LogP contribution in [0.4, 0.5) is 0 Å². The molecule has 0 spiro atoms. The largest absolute Gasteiger partial charge is 0.472 e. The first-order valence-corrected chi connectivity index (χ1v) is 18.8. The first-order valence-electron chi connectivity index (χ1n) is 17.3. The quantitative estimate of drug-likeness (QED) is 0.0281. The van der Waals surface area contributed by atoms with Crippen LogP contribution in [-0.4, -0.2) is 65.7 Å². The van der Waals surface area contributed by atoms with Crippen molar-refractivity contribution in [1.82, 2.24) is 0 Å². The Labute approximate surface area is 272 Å². The van der Waals surface area contributed by atoms with Crippen molar-refractivity contribution in [2.45, 2.75) is 154 Å². The Morgan fingerprint density at radius 3 is 1.76 bits per heavy atom. The van der Waals surface area contributed by atoms with Crippen LogP contribution in [0.2, 0.25) is 0 Å². The first kappa shape index (κ1) is 43.5. The number of esters is 2. The van der Waals surface area contributed by atoms with Crippen molar-refractivity contribution in [1.29, 1.82) is 0 Å². The summed E-state index contributed by atoms with van der Waals surface area (Å²) in [5.74, 6) is -0.991. The molecule has 0 heterocycles. The van der Waals surface area contributed by atoms with E-state index in [-0.39, 0.29) is 19.4 Å². The summed E-state index contributed by atoms with van der Waals surface area (Å²) in [4.78, 5) is 33.8. The molecule has 0 bridgehead atoms. The SMILES string of the molecule is CCCCCCC/C=C\C/C=C\CCCCCCCCCCCC(=O)OC(COC(=O)CCC)COP(=O)(O)OCC(O)CO. The second-order valence-corrected chi connectivity index (χ2v) is 13.0. The Morgan fingerprint density at radius 2 is 1.20 bits per heavy atom. The molecule has 0 aliphatic rings. The smallest absolute Gasteiger partial charge is 0.462 e. The molecule has 0 radical (unpaired) electrons. The summed E-state index contributed by atoms with van der Waals surface area (Å²) in [5, 5.41) is 18.1. The second kappa shape index (κ2) is 31.1. The van der Waals surface area contributed by atoms with Crippen LogP contribution in [0.25, 0.3) is 0 Å². The molecule has 0 aliphatic heterocycles. The highest BCUT2D eigenvalue weighted by molar-refractivity contribution is 7.47. The number of aliphatic hydroxyl groups is 2. The number of carbonyl (C=O) groups is 2. The van der Waals surface area contributed by atoms with Gasteiger partial charge in [-0.2, -0.15) is 0 Å². The number of phosphoric acid groups is 1. The van der Waals surface area contributed by atoms with Crippen LogP contribution in [0.15, 0.2) is 24.3 Å². The molecule has 0 amide bonds. The van der Waals surface area contributed by atoms with Gasteiger partial charge in [0, 0.05) is 12.8 Å². The molecule has 0 aromatic carbocycles. The van der Waals surface area contributed by atoms with E-state index in [2.05, 4.69) is 35.8 Å². The number of phosphoric ester groups is 1. The zero-order valence-electron chi connectivity index (χ0n) is 28.1. The number of unbranched alkanes of at least 4 members (excludes halogenated alkanes) is 14. The van der Waals surface area contributed by atoms with Crippen LogP contribution in [0.3, 0.4) is 0 Å². The van der Waals surface area contributed by atoms with Gasteiger partial charge in [0.2, 0.25) is 0 Å². The third-order valence-electron chi connectivity index (χ3n) is 7.08. The molecule has 0 fully saturated rings. The Balaban J connectivity index is 3.98. The molecule has 0 saturated heterocycles. The van der Waals surface area contributed by atoms with Gasteiger partial charge in [0.05, 0.1) is 19.8 Å². The zero-order valence-corrected chi connectivity index (χ0v) is 29.0. The van der Waals surface area contributed by atoms with Crippen molar-refractivity contribution in [3.63, 3.8) is 0 Å². The fraction of sp³-hybridized carbons (Fsp3) is 0.824. The molecule has 45 heavy (non-hydrogen) atoms. The van der Waals surface area contributed by atoms with Crippen LogP contribution in [0.5, 0.6) is 0 Å². The average Bonchev–Trinajstić information content (AvgIpc) is 3.02. The molecular weight excluding hydrogens is 599 g/mol. The number of hydrogen-bond donors (Lipinski definition) is 3. The van der Waals surface area contributed by atoms with Crippen molar-refractivity contribution in [2.75, 3.05) is 26.4 Å².